The van der Waals surface area contributed by atoms with E-state index in [1.165, 1.54) is 23.1 Å². The average Bonchev–Trinajstić information content (AvgIpc) is 2.70. The first kappa shape index (κ1) is 11.9. The molecule has 0 radical (unpaired) electrons. The minimum absolute atomic E-state index is 0.170. The number of nitrogens with one attached hydrogen (secondary N) is 1. The highest BCUT2D eigenvalue weighted by atomic mass is 16.3. The molecule has 0 aliphatic rings. The smallest absolute Gasteiger partial charge is 0.251 e. The van der Waals surface area contributed by atoms with Gasteiger partial charge in [-0.25, -0.2) is 4.98 Å². The molecule has 94 valence electrons. The van der Waals surface area contributed by atoms with Gasteiger partial charge in [0.15, 0.2) is 5.82 Å². The van der Waals surface area contributed by atoms with Crippen LogP contribution in [0.15, 0.2) is 24.5 Å². The Kier molecular flexibility index (Phi) is 3.13. The van der Waals surface area contributed by atoms with E-state index in [-0.39, 0.29) is 23.6 Å². The van der Waals surface area contributed by atoms with Gasteiger partial charge in [-0.05, 0) is 12.1 Å². The lowest BCUT2D eigenvalue weighted by Gasteiger charge is -2.04. The second kappa shape index (κ2) is 4.74. The van der Waals surface area contributed by atoms with Crippen LogP contribution in [0, 0.1) is 0 Å². The number of hydrogen-bond donors (Lipinski definition) is 3. The standard InChI is InChI=1S/C11H12N4O3/c1-15-6-13-10(14-15)5-12-11(18)7-2-8(16)4-9(17)3-7/h2-4,6,16-17H,5H2,1H3,(H,12,18). The van der Waals surface area contributed by atoms with Crippen LogP contribution in [0.1, 0.15) is 16.2 Å². The van der Waals surface area contributed by atoms with Gasteiger partial charge in [-0.1, -0.05) is 0 Å². The fourth-order valence-corrected chi connectivity index (χ4v) is 1.45. The fraction of sp³-hybridized carbons (Fsp3) is 0.182. The molecule has 3 N–H and O–H groups in total. The Bertz CT molecular complexity index is 559. The van der Waals surface area contributed by atoms with Crippen LogP contribution < -0.4 is 5.32 Å². The Morgan fingerprint density at radius 2 is 2.00 bits per heavy atom. The summed E-state index contributed by atoms with van der Waals surface area (Å²) in [6.45, 7) is 0.177. The third-order valence-corrected chi connectivity index (χ3v) is 2.22. The zero-order valence-corrected chi connectivity index (χ0v) is 9.66. The van der Waals surface area contributed by atoms with Crippen molar-refractivity contribution >= 4 is 5.91 Å². The number of aromatic nitrogens is 3. The number of aromatic hydroxyl groups is 2. The minimum atomic E-state index is -0.423. The molecule has 1 aromatic heterocycles. The molecule has 18 heavy (non-hydrogen) atoms. The fourth-order valence-electron chi connectivity index (χ4n) is 1.45. The summed E-state index contributed by atoms with van der Waals surface area (Å²) < 4.78 is 1.53. The van der Waals surface area contributed by atoms with Crippen molar-refractivity contribution in [3.63, 3.8) is 0 Å². The van der Waals surface area contributed by atoms with Crippen molar-refractivity contribution < 1.29 is 15.0 Å². The Morgan fingerprint density at radius 1 is 1.33 bits per heavy atom. The number of hydrogen-bond acceptors (Lipinski definition) is 5. The van der Waals surface area contributed by atoms with E-state index in [0.29, 0.717) is 5.82 Å². The lowest BCUT2D eigenvalue weighted by molar-refractivity contribution is 0.0949. The number of carbonyl (C=O) groups is 1. The van der Waals surface area contributed by atoms with Gasteiger partial charge >= 0.3 is 0 Å². The van der Waals surface area contributed by atoms with E-state index in [4.69, 9.17) is 0 Å². The summed E-state index contributed by atoms with van der Waals surface area (Å²) in [5.41, 5.74) is 0.170. The molecule has 0 saturated carbocycles. The molecule has 0 saturated heterocycles. The van der Waals surface area contributed by atoms with Gasteiger partial charge in [0.1, 0.15) is 17.8 Å². The maximum Gasteiger partial charge on any atom is 0.251 e. The van der Waals surface area contributed by atoms with E-state index < -0.39 is 5.91 Å². The number of benzene rings is 1. The first-order valence-electron chi connectivity index (χ1n) is 5.20. The largest absolute Gasteiger partial charge is 0.508 e. The number of amides is 1. The van der Waals surface area contributed by atoms with E-state index in [2.05, 4.69) is 15.4 Å². The van der Waals surface area contributed by atoms with E-state index in [9.17, 15) is 15.0 Å². The van der Waals surface area contributed by atoms with Crippen molar-refractivity contribution in [3.8, 4) is 11.5 Å². The topological polar surface area (TPSA) is 100 Å². The van der Waals surface area contributed by atoms with Gasteiger partial charge in [-0.15, -0.1) is 0 Å². The number of rotatable bonds is 3. The molecule has 0 fully saturated rings. The summed E-state index contributed by atoms with van der Waals surface area (Å²) in [5, 5.41) is 25.1. The molecule has 7 nitrogen and oxygen atoms in total. The molecule has 1 aromatic carbocycles. The Balaban J connectivity index is 2.03. The summed E-state index contributed by atoms with van der Waals surface area (Å²) in [5.74, 6) is -0.281. The van der Waals surface area contributed by atoms with Crippen LogP contribution in [-0.4, -0.2) is 30.9 Å². The van der Waals surface area contributed by atoms with E-state index in [0.717, 1.165) is 6.07 Å². The Hall–Kier alpha value is -2.57. The quantitative estimate of drug-likeness (QED) is 0.718. The molecule has 0 bridgehead atoms. The monoisotopic (exact) mass is 248 g/mol. The molecule has 7 heteroatoms. The zero-order valence-electron chi connectivity index (χ0n) is 9.66. The lowest BCUT2D eigenvalue weighted by Crippen LogP contribution is -2.23. The number of phenols is 2. The first-order chi connectivity index (χ1) is 8.54. The third-order valence-electron chi connectivity index (χ3n) is 2.22. The van der Waals surface area contributed by atoms with E-state index in [1.807, 2.05) is 0 Å². The predicted octanol–water partition coefficient (Wildman–Crippen LogP) is 0.156. The summed E-state index contributed by atoms with van der Waals surface area (Å²) in [4.78, 5) is 15.7. The molecule has 0 aliphatic heterocycles. The summed E-state index contributed by atoms with van der Waals surface area (Å²) in [7, 11) is 1.73. The van der Waals surface area contributed by atoms with Crippen molar-refractivity contribution in [2.24, 2.45) is 7.05 Å². The third kappa shape index (κ3) is 2.76. The van der Waals surface area contributed by atoms with Crippen LogP contribution in [0.25, 0.3) is 0 Å². The lowest BCUT2D eigenvalue weighted by atomic mass is 10.2. The van der Waals surface area contributed by atoms with Crippen molar-refractivity contribution in [2.45, 2.75) is 6.54 Å². The van der Waals surface area contributed by atoms with Crippen LogP contribution >= 0.6 is 0 Å². The molecule has 0 aliphatic carbocycles. The molecule has 1 heterocycles. The molecule has 2 rings (SSSR count). The molecular formula is C11H12N4O3. The van der Waals surface area contributed by atoms with Crippen LogP contribution in [0.3, 0.4) is 0 Å². The summed E-state index contributed by atoms with van der Waals surface area (Å²) >= 11 is 0. The SMILES string of the molecule is Cn1cnc(CNC(=O)c2cc(O)cc(O)c2)n1. The van der Waals surface area contributed by atoms with Crippen molar-refractivity contribution in [1.82, 2.24) is 20.1 Å². The maximum absolute atomic E-state index is 11.7. The maximum atomic E-state index is 11.7. The van der Waals surface area contributed by atoms with Gasteiger partial charge in [0.05, 0.1) is 6.54 Å². The van der Waals surface area contributed by atoms with Gasteiger partial charge in [0, 0.05) is 18.7 Å². The van der Waals surface area contributed by atoms with Crippen molar-refractivity contribution in [1.29, 1.82) is 0 Å². The Morgan fingerprint density at radius 3 is 2.56 bits per heavy atom. The molecule has 2 aromatic rings. The molecule has 0 spiro atoms. The van der Waals surface area contributed by atoms with Crippen LogP contribution in [-0.2, 0) is 13.6 Å². The molecule has 0 unspecified atom stereocenters. The van der Waals surface area contributed by atoms with E-state index in [1.54, 1.807) is 7.05 Å². The summed E-state index contributed by atoms with van der Waals surface area (Å²) in [6.07, 6.45) is 1.53. The second-order valence-electron chi connectivity index (χ2n) is 3.76. The van der Waals surface area contributed by atoms with Crippen LogP contribution in [0.4, 0.5) is 0 Å². The van der Waals surface area contributed by atoms with Crippen molar-refractivity contribution in [3.05, 3.63) is 35.9 Å². The number of aryl methyl sites for hydroxylation is 1. The van der Waals surface area contributed by atoms with Gasteiger partial charge in [0.25, 0.3) is 5.91 Å². The molecule has 0 atom stereocenters. The second-order valence-corrected chi connectivity index (χ2v) is 3.76. The first-order valence-corrected chi connectivity index (χ1v) is 5.20. The number of phenolic OH excluding ortho intramolecular Hbond substituents is 2. The van der Waals surface area contributed by atoms with Gasteiger partial charge in [-0.2, -0.15) is 5.10 Å². The summed E-state index contributed by atoms with van der Waals surface area (Å²) in [6, 6.07) is 3.68. The Labute approximate surface area is 103 Å². The van der Waals surface area contributed by atoms with E-state index >= 15 is 0 Å². The highest BCUT2D eigenvalue weighted by molar-refractivity contribution is 5.94. The zero-order chi connectivity index (χ0) is 13.1. The highest BCUT2D eigenvalue weighted by Gasteiger charge is 2.09. The minimum Gasteiger partial charge on any atom is -0.508 e. The van der Waals surface area contributed by atoms with Crippen LogP contribution in [0.5, 0.6) is 11.5 Å². The number of nitrogens with zero attached hydrogens (tertiary/aromatic N) is 3. The molecule has 1 amide bonds. The van der Waals surface area contributed by atoms with Gasteiger partial charge < -0.3 is 15.5 Å². The average molecular weight is 248 g/mol. The van der Waals surface area contributed by atoms with Gasteiger partial charge in [-0.3, -0.25) is 9.48 Å². The highest BCUT2D eigenvalue weighted by Crippen LogP contribution is 2.20. The normalized spacial score (nSPS) is 10.3. The number of carbonyl (C=O) groups excluding carboxylic acids is 1. The van der Waals surface area contributed by atoms with Crippen molar-refractivity contribution in [2.75, 3.05) is 0 Å². The van der Waals surface area contributed by atoms with Gasteiger partial charge in [0.2, 0.25) is 0 Å². The molecular weight excluding hydrogens is 236 g/mol. The van der Waals surface area contributed by atoms with Crippen LogP contribution in [0.2, 0.25) is 0 Å². The predicted molar refractivity (Wildman–Crippen MR) is 61.9 cm³/mol.